The highest BCUT2D eigenvalue weighted by atomic mass is 16.5. The summed E-state index contributed by atoms with van der Waals surface area (Å²) in [4.78, 5) is 2.47. The van der Waals surface area contributed by atoms with Gasteiger partial charge in [-0.1, -0.05) is 26.0 Å². The quantitative estimate of drug-likeness (QED) is 0.715. The van der Waals surface area contributed by atoms with Crippen molar-refractivity contribution in [2.24, 2.45) is 0 Å². The zero-order chi connectivity index (χ0) is 18.7. The molecule has 0 radical (unpaired) electrons. The van der Waals surface area contributed by atoms with Crippen molar-refractivity contribution < 1.29 is 4.74 Å². The molecule has 1 saturated heterocycles. The number of anilines is 1. The second-order valence-corrected chi connectivity index (χ2v) is 7.40. The minimum absolute atomic E-state index is 0.351. The third kappa shape index (κ3) is 3.42. The Labute approximate surface area is 157 Å². The highest BCUT2D eigenvalue weighted by Gasteiger charge is 2.23. The lowest BCUT2D eigenvalue weighted by atomic mass is 9.84. The summed E-state index contributed by atoms with van der Waals surface area (Å²) in [5, 5.41) is 9.69. The van der Waals surface area contributed by atoms with Crippen molar-refractivity contribution in [2.45, 2.75) is 46.0 Å². The maximum Gasteiger partial charge on any atom is 0.118 e. The van der Waals surface area contributed by atoms with Gasteiger partial charge in [0.25, 0.3) is 0 Å². The molecule has 0 aromatic heterocycles. The van der Waals surface area contributed by atoms with Crippen molar-refractivity contribution in [1.82, 2.24) is 0 Å². The van der Waals surface area contributed by atoms with Crippen LogP contribution in [0.1, 0.15) is 55.7 Å². The molecule has 0 amide bonds. The largest absolute Gasteiger partial charge is 0.497 e. The number of rotatable bonds is 4. The monoisotopic (exact) mass is 348 g/mol. The van der Waals surface area contributed by atoms with Gasteiger partial charge < -0.3 is 9.64 Å². The molecular weight excluding hydrogens is 320 g/mol. The van der Waals surface area contributed by atoms with Crippen molar-refractivity contribution in [2.75, 3.05) is 25.1 Å². The fourth-order valence-electron chi connectivity index (χ4n) is 4.07. The molecule has 3 rings (SSSR count). The van der Waals surface area contributed by atoms with E-state index < -0.39 is 0 Å². The fraction of sp³-hybridized carbons (Fsp3) is 0.435. The smallest absolute Gasteiger partial charge is 0.118 e. The first-order valence-corrected chi connectivity index (χ1v) is 9.53. The molecule has 0 atom stereocenters. The van der Waals surface area contributed by atoms with Gasteiger partial charge in [0.2, 0.25) is 0 Å². The Morgan fingerprint density at radius 1 is 1.08 bits per heavy atom. The Kier molecular flexibility index (Phi) is 5.52. The normalized spacial score (nSPS) is 14.4. The summed E-state index contributed by atoms with van der Waals surface area (Å²) < 4.78 is 5.34. The van der Waals surface area contributed by atoms with Gasteiger partial charge in [-0.2, -0.15) is 5.26 Å². The number of nitrogens with zero attached hydrogens (tertiary/aromatic N) is 2. The summed E-state index contributed by atoms with van der Waals surface area (Å²) in [5.74, 6) is 1.22. The topological polar surface area (TPSA) is 36.3 Å². The first-order chi connectivity index (χ1) is 12.6. The predicted molar refractivity (Wildman–Crippen MR) is 108 cm³/mol. The van der Waals surface area contributed by atoms with Gasteiger partial charge >= 0.3 is 0 Å². The summed E-state index contributed by atoms with van der Waals surface area (Å²) in [6.45, 7) is 8.65. The average molecular weight is 348 g/mol. The molecule has 1 fully saturated rings. The predicted octanol–water partition coefficient (Wildman–Crippen LogP) is 5.66. The molecule has 2 aromatic carbocycles. The Hall–Kier alpha value is -2.47. The molecule has 0 aliphatic carbocycles. The Morgan fingerprint density at radius 3 is 2.27 bits per heavy atom. The number of ether oxygens (including phenoxy) is 1. The minimum Gasteiger partial charge on any atom is -0.497 e. The average Bonchev–Trinajstić information content (AvgIpc) is 2.68. The van der Waals surface area contributed by atoms with Crippen LogP contribution in [0, 0.1) is 18.3 Å². The number of piperidine rings is 1. The Morgan fingerprint density at radius 2 is 1.73 bits per heavy atom. The van der Waals surface area contributed by atoms with Crippen LogP contribution in [0.25, 0.3) is 11.1 Å². The van der Waals surface area contributed by atoms with Crippen LogP contribution in [0.5, 0.6) is 5.75 Å². The van der Waals surface area contributed by atoms with Crippen molar-refractivity contribution in [3.8, 4) is 22.9 Å². The summed E-state index contributed by atoms with van der Waals surface area (Å²) in [7, 11) is 1.69. The molecule has 1 aliphatic rings. The van der Waals surface area contributed by atoms with Gasteiger partial charge in [0.1, 0.15) is 5.75 Å². The lowest BCUT2D eigenvalue weighted by Gasteiger charge is -2.33. The second kappa shape index (κ2) is 7.83. The highest BCUT2D eigenvalue weighted by molar-refractivity contribution is 5.85. The third-order valence-electron chi connectivity index (χ3n) is 5.39. The Balaban J connectivity index is 2.26. The maximum atomic E-state index is 9.69. The lowest BCUT2D eigenvalue weighted by Crippen LogP contribution is -2.30. The molecule has 3 nitrogen and oxygen atoms in total. The SMILES string of the molecule is COc1ccc(-c2c(N3CCCCC3)cc(C#N)c(C)c2C(C)C)cc1. The first kappa shape index (κ1) is 18.3. The van der Waals surface area contributed by atoms with Crippen molar-refractivity contribution in [3.63, 3.8) is 0 Å². The van der Waals surface area contributed by atoms with E-state index in [-0.39, 0.29) is 0 Å². The first-order valence-electron chi connectivity index (χ1n) is 9.53. The van der Waals surface area contributed by atoms with E-state index in [2.05, 4.69) is 49.9 Å². The maximum absolute atomic E-state index is 9.69. The Bertz CT molecular complexity index is 810. The van der Waals surface area contributed by atoms with E-state index in [1.807, 2.05) is 12.1 Å². The van der Waals surface area contributed by atoms with E-state index in [0.29, 0.717) is 5.92 Å². The second-order valence-electron chi connectivity index (χ2n) is 7.40. The van der Waals surface area contributed by atoms with Gasteiger partial charge in [-0.05, 0) is 67.0 Å². The molecule has 0 unspecified atom stereocenters. The molecule has 136 valence electrons. The van der Waals surface area contributed by atoms with Gasteiger partial charge in [-0.25, -0.2) is 0 Å². The van der Waals surface area contributed by atoms with Crippen LogP contribution in [0.15, 0.2) is 30.3 Å². The number of nitriles is 1. The van der Waals surface area contributed by atoms with Gasteiger partial charge in [-0.3, -0.25) is 0 Å². The van der Waals surface area contributed by atoms with E-state index >= 15 is 0 Å². The highest BCUT2D eigenvalue weighted by Crippen LogP contribution is 2.42. The number of hydrogen-bond acceptors (Lipinski definition) is 3. The van der Waals surface area contributed by atoms with E-state index in [1.54, 1.807) is 7.11 Å². The number of methoxy groups -OCH3 is 1. The van der Waals surface area contributed by atoms with Crippen molar-refractivity contribution >= 4 is 5.69 Å². The zero-order valence-corrected chi connectivity index (χ0v) is 16.3. The summed E-state index contributed by atoms with van der Waals surface area (Å²) in [5.41, 5.74) is 6.87. The molecule has 0 N–H and O–H groups in total. The van der Waals surface area contributed by atoms with Crippen LogP contribution < -0.4 is 9.64 Å². The van der Waals surface area contributed by atoms with Crippen molar-refractivity contribution in [3.05, 3.63) is 47.0 Å². The summed E-state index contributed by atoms with van der Waals surface area (Å²) >= 11 is 0. The summed E-state index contributed by atoms with van der Waals surface area (Å²) in [6, 6.07) is 12.8. The number of benzene rings is 2. The van der Waals surface area contributed by atoms with Gasteiger partial charge in [0.15, 0.2) is 0 Å². The van der Waals surface area contributed by atoms with Crippen LogP contribution in [0.4, 0.5) is 5.69 Å². The fourth-order valence-corrected chi connectivity index (χ4v) is 4.07. The van der Waals surface area contributed by atoms with Crippen molar-refractivity contribution in [1.29, 1.82) is 5.26 Å². The van der Waals surface area contributed by atoms with Crippen LogP contribution in [-0.2, 0) is 0 Å². The van der Waals surface area contributed by atoms with E-state index in [1.165, 1.54) is 41.6 Å². The molecule has 26 heavy (non-hydrogen) atoms. The lowest BCUT2D eigenvalue weighted by molar-refractivity contribution is 0.415. The third-order valence-corrected chi connectivity index (χ3v) is 5.39. The zero-order valence-electron chi connectivity index (χ0n) is 16.3. The molecule has 2 aromatic rings. The summed E-state index contributed by atoms with van der Waals surface area (Å²) in [6.07, 6.45) is 3.73. The molecule has 0 bridgehead atoms. The molecule has 0 spiro atoms. The van der Waals surface area contributed by atoms with Crippen LogP contribution in [-0.4, -0.2) is 20.2 Å². The van der Waals surface area contributed by atoms with Crippen LogP contribution >= 0.6 is 0 Å². The van der Waals surface area contributed by atoms with Crippen LogP contribution in [0.2, 0.25) is 0 Å². The molecular formula is C23H28N2O. The van der Waals surface area contributed by atoms with Gasteiger partial charge in [0, 0.05) is 24.3 Å². The minimum atomic E-state index is 0.351. The number of hydrogen-bond donors (Lipinski definition) is 0. The van der Waals surface area contributed by atoms with E-state index in [4.69, 9.17) is 4.74 Å². The van der Waals surface area contributed by atoms with Gasteiger partial charge in [-0.15, -0.1) is 0 Å². The standard InChI is InChI=1S/C23H28N2O/c1-16(2)22-17(3)19(15-24)14-21(25-12-6-5-7-13-25)23(22)18-8-10-20(26-4)11-9-18/h8-11,14,16H,5-7,12-13H2,1-4H3. The van der Waals surface area contributed by atoms with Gasteiger partial charge in [0.05, 0.1) is 18.7 Å². The van der Waals surface area contributed by atoms with Crippen LogP contribution in [0.3, 0.4) is 0 Å². The van der Waals surface area contributed by atoms with E-state index in [9.17, 15) is 5.26 Å². The van der Waals surface area contributed by atoms with E-state index in [0.717, 1.165) is 30.0 Å². The molecule has 3 heteroatoms. The molecule has 0 saturated carbocycles. The molecule has 1 heterocycles. The molecule has 1 aliphatic heterocycles.